The molecule has 2 aromatic heterocycles. The van der Waals surface area contributed by atoms with Gasteiger partial charge in [0.15, 0.2) is 17.1 Å². The van der Waals surface area contributed by atoms with Gasteiger partial charge in [-0.15, -0.1) is 21.5 Å². The topological polar surface area (TPSA) is 52.8 Å². The van der Waals surface area contributed by atoms with Gasteiger partial charge in [0.2, 0.25) is 0 Å². The molecule has 4 rings (SSSR count). The van der Waals surface area contributed by atoms with E-state index < -0.39 is 0 Å². The van der Waals surface area contributed by atoms with Crippen LogP contribution in [-0.2, 0) is 12.3 Å². The van der Waals surface area contributed by atoms with Crippen LogP contribution in [0.2, 0.25) is 5.02 Å². The summed E-state index contributed by atoms with van der Waals surface area (Å²) in [5, 5.41) is 13.6. The Morgan fingerprint density at radius 1 is 1.16 bits per heavy atom. The van der Waals surface area contributed by atoms with Crippen LogP contribution in [0.15, 0.2) is 53.0 Å². The third kappa shape index (κ3) is 5.17. The lowest BCUT2D eigenvalue weighted by Crippen LogP contribution is -2.12. The van der Waals surface area contributed by atoms with Crippen molar-refractivity contribution in [1.29, 1.82) is 0 Å². The monoisotopic (exact) mass is 484 g/mol. The van der Waals surface area contributed by atoms with Crippen LogP contribution < -0.4 is 4.74 Å². The lowest BCUT2D eigenvalue weighted by Gasteiger charge is -2.17. The summed E-state index contributed by atoms with van der Waals surface area (Å²) in [6.45, 7) is 8.94. The van der Waals surface area contributed by atoms with Gasteiger partial charge in [0.05, 0.1) is 5.69 Å². The average Bonchev–Trinajstić information content (AvgIpc) is 3.41. The molecule has 0 aliphatic rings. The molecule has 0 N–H and O–H groups in total. The maximum atomic E-state index is 6.16. The predicted molar refractivity (Wildman–Crippen MR) is 133 cm³/mol. The Morgan fingerprint density at radius 3 is 2.75 bits per heavy atom. The molecule has 1 unspecified atom stereocenters. The quantitative estimate of drug-likeness (QED) is 0.249. The van der Waals surface area contributed by atoms with Gasteiger partial charge >= 0.3 is 0 Å². The van der Waals surface area contributed by atoms with Crippen molar-refractivity contribution >= 4 is 34.7 Å². The van der Waals surface area contributed by atoms with Crippen molar-refractivity contribution in [3.05, 3.63) is 75.5 Å². The van der Waals surface area contributed by atoms with Gasteiger partial charge < -0.3 is 9.30 Å². The lowest BCUT2D eigenvalue weighted by atomic mass is 10.1. The number of halogens is 1. The van der Waals surface area contributed by atoms with Gasteiger partial charge in [0.1, 0.15) is 10.8 Å². The normalized spacial score (nSPS) is 12.2. The maximum Gasteiger partial charge on any atom is 0.191 e. The maximum absolute atomic E-state index is 6.16. The zero-order valence-electron chi connectivity index (χ0n) is 18.5. The molecule has 8 heteroatoms. The summed E-state index contributed by atoms with van der Waals surface area (Å²) in [5.74, 6) is 2.35. The minimum atomic E-state index is -0.233. The molecule has 166 valence electrons. The molecule has 0 aliphatic carbocycles. The SMILES string of the molecule is CCn1c(SCc2csc(-c3cccc(C)c3)n2)nnc1C(C)Oc1ccc(Cl)cc1C. The molecule has 2 heterocycles. The molecule has 0 saturated carbocycles. The second-order valence-electron chi connectivity index (χ2n) is 7.56. The average molecular weight is 485 g/mol. The molecule has 1 atom stereocenters. The minimum absolute atomic E-state index is 0.233. The van der Waals surface area contributed by atoms with E-state index in [9.17, 15) is 0 Å². The fourth-order valence-corrected chi connectivity index (χ4v) is 5.47. The number of benzene rings is 2. The minimum Gasteiger partial charge on any atom is -0.482 e. The highest BCUT2D eigenvalue weighted by Crippen LogP contribution is 2.30. The molecule has 0 bridgehead atoms. The lowest BCUT2D eigenvalue weighted by molar-refractivity contribution is 0.208. The molecular weight excluding hydrogens is 460 g/mol. The Labute approximate surface area is 201 Å². The van der Waals surface area contributed by atoms with E-state index in [1.165, 1.54) is 5.56 Å². The largest absolute Gasteiger partial charge is 0.482 e. The van der Waals surface area contributed by atoms with E-state index in [4.69, 9.17) is 21.3 Å². The smallest absolute Gasteiger partial charge is 0.191 e. The van der Waals surface area contributed by atoms with Gasteiger partial charge in [0.25, 0.3) is 0 Å². The molecule has 0 spiro atoms. The van der Waals surface area contributed by atoms with E-state index in [0.29, 0.717) is 5.02 Å². The molecule has 4 aromatic rings. The molecule has 0 radical (unpaired) electrons. The third-order valence-corrected chi connectivity index (χ3v) is 7.21. The standard InChI is InChI=1S/C24H25ClN4OS2/c1-5-29-22(17(4)30-21-10-9-19(25)12-16(21)3)27-28-24(29)32-14-20-13-31-23(26-20)18-8-6-7-15(2)11-18/h6-13,17H,5,14H2,1-4H3. The number of thioether (sulfide) groups is 1. The van der Waals surface area contributed by atoms with Crippen LogP contribution in [0.3, 0.4) is 0 Å². The highest BCUT2D eigenvalue weighted by molar-refractivity contribution is 7.98. The van der Waals surface area contributed by atoms with Gasteiger partial charge in [-0.1, -0.05) is 47.1 Å². The van der Waals surface area contributed by atoms with Crippen molar-refractivity contribution in [2.24, 2.45) is 0 Å². The predicted octanol–water partition coefficient (Wildman–Crippen LogP) is 7.12. The van der Waals surface area contributed by atoms with Crippen LogP contribution in [0.5, 0.6) is 5.75 Å². The summed E-state index contributed by atoms with van der Waals surface area (Å²) >= 11 is 9.38. The second-order valence-corrected chi connectivity index (χ2v) is 9.79. The molecule has 0 amide bonds. The van der Waals surface area contributed by atoms with Crippen LogP contribution in [-0.4, -0.2) is 19.7 Å². The zero-order chi connectivity index (χ0) is 22.7. The first kappa shape index (κ1) is 22.8. The third-order valence-electron chi connectivity index (χ3n) is 5.03. The summed E-state index contributed by atoms with van der Waals surface area (Å²) in [6.07, 6.45) is -0.233. The van der Waals surface area contributed by atoms with Crippen LogP contribution in [0.1, 0.15) is 42.6 Å². The highest BCUT2D eigenvalue weighted by Gasteiger charge is 2.20. The number of hydrogen-bond donors (Lipinski definition) is 0. The molecule has 0 saturated heterocycles. The van der Waals surface area contributed by atoms with Crippen molar-refractivity contribution in [3.63, 3.8) is 0 Å². The van der Waals surface area contributed by atoms with Crippen molar-refractivity contribution in [2.75, 3.05) is 0 Å². The van der Waals surface area contributed by atoms with E-state index in [1.807, 2.05) is 32.0 Å². The molecule has 5 nitrogen and oxygen atoms in total. The Hall–Kier alpha value is -2.35. The number of thiazole rings is 1. The van der Waals surface area contributed by atoms with Crippen LogP contribution in [0.4, 0.5) is 0 Å². The van der Waals surface area contributed by atoms with Crippen molar-refractivity contribution in [1.82, 2.24) is 19.7 Å². The zero-order valence-corrected chi connectivity index (χ0v) is 20.9. The van der Waals surface area contributed by atoms with Crippen LogP contribution in [0.25, 0.3) is 10.6 Å². The Balaban J connectivity index is 1.45. The summed E-state index contributed by atoms with van der Waals surface area (Å²) in [5.41, 5.74) is 4.44. The Bertz CT molecular complexity index is 1220. The van der Waals surface area contributed by atoms with Gasteiger partial charge in [-0.05, 0) is 57.5 Å². The highest BCUT2D eigenvalue weighted by atomic mass is 35.5. The molecule has 32 heavy (non-hydrogen) atoms. The second kappa shape index (κ2) is 10.1. The number of nitrogens with zero attached hydrogens (tertiary/aromatic N) is 4. The molecular formula is C24H25ClN4OS2. The summed E-state index contributed by atoms with van der Waals surface area (Å²) in [7, 11) is 0. The summed E-state index contributed by atoms with van der Waals surface area (Å²) in [4.78, 5) is 4.81. The fraction of sp³-hybridized carbons (Fsp3) is 0.292. The summed E-state index contributed by atoms with van der Waals surface area (Å²) in [6, 6.07) is 14.1. The first-order chi connectivity index (χ1) is 15.4. The van der Waals surface area contributed by atoms with Gasteiger partial charge in [-0.25, -0.2) is 4.98 Å². The van der Waals surface area contributed by atoms with E-state index in [0.717, 1.165) is 50.9 Å². The number of ether oxygens (including phenoxy) is 1. The van der Waals surface area contributed by atoms with Gasteiger partial charge in [-0.2, -0.15) is 0 Å². The summed E-state index contributed by atoms with van der Waals surface area (Å²) < 4.78 is 8.27. The van der Waals surface area contributed by atoms with E-state index in [-0.39, 0.29) is 6.10 Å². The van der Waals surface area contributed by atoms with Crippen LogP contribution >= 0.6 is 34.7 Å². The number of rotatable bonds is 8. The first-order valence-electron chi connectivity index (χ1n) is 10.4. The molecule has 2 aromatic carbocycles. The number of aryl methyl sites for hydroxylation is 2. The Morgan fingerprint density at radius 2 is 2.00 bits per heavy atom. The van der Waals surface area contributed by atoms with Crippen molar-refractivity contribution in [3.8, 4) is 16.3 Å². The van der Waals surface area contributed by atoms with E-state index >= 15 is 0 Å². The van der Waals surface area contributed by atoms with Crippen molar-refractivity contribution < 1.29 is 4.74 Å². The number of aromatic nitrogens is 4. The number of hydrogen-bond acceptors (Lipinski definition) is 6. The fourth-order valence-electron chi connectivity index (χ4n) is 3.42. The van der Waals surface area contributed by atoms with Gasteiger partial charge in [-0.3, -0.25) is 0 Å². The molecule has 0 fully saturated rings. The van der Waals surface area contributed by atoms with E-state index in [2.05, 4.69) is 58.3 Å². The van der Waals surface area contributed by atoms with Gasteiger partial charge in [0, 0.05) is 28.3 Å². The van der Waals surface area contributed by atoms with E-state index in [1.54, 1.807) is 23.1 Å². The Kier molecular flexibility index (Phi) is 7.18. The van der Waals surface area contributed by atoms with Crippen LogP contribution in [0, 0.1) is 13.8 Å². The molecule has 0 aliphatic heterocycles. The first-order valence-corrected chi connectivity index (χ1v) is 12.7. The van der Waals surface area contributed by atoms with Crippen molar-refractivity contribution in [2.45, 2.75) is 51.3 Å².